The fraction of sp³-hybridized carbons (Fsp3) is 0.941. The molecule has 45 heavy (non-hydrogen) atoms. The number of rotatable bonds is 10. The second-order valence-electron chi connectivity index (χ2n) is 19.6. The number of halogens is 2. The van der Waals surface area contributed by atoms with E-state index in [1.54, 1.807) is 0 Å². The molecule has 0 saturated heterocycles. The maximum atomic E-state index is 5.34. The monoisotopic (exact) mass is 868 g/mol. The van der Waals surface area contributed by atoms with E-state index in [0.717, 1.165) is 13.1 Å². The molecule has 0 N–H and O–H groups in total. The van der Waals surface area contributed by atoms with Gasteiger partial charge in [0.15, 0.2) is 0 Å². The summed E-state index contributed by atoms with van der Waals surface area (Å²) in [7, 11) is -5.58. The van der Waals surface area contributed by atoms with E-state index in [-0.39, 0.29) is 0 Å². The standard InChI is InChI=1S/C34H76N4Si4.2BrH.Ni/c1-31(2,3)39(13,14)37(40(15,16)32(4,5)6)27-25-35-29-23-21-22-24-30(29)36-26-28-38(41(17,18)33(7,8)9)42(19,20)34(10,11)12;;;/h25-26,29-30H,21-24,27-28H2,1-20H3;2*1H;/q;;;+4/p-2/t29-,30-;;;/m1.../s1. The van der Waals surface area contributed by atoms with Crippen molar-refractivity contribution in [2.75, 3.05) is 13.1 Å². The summed E-state index contributed by atoms with van der Waals surface area (Å²) in [5.74, 6) is 0. The number of hydrogen-bond acceptors (Lipinski definition) is 4. The number of aliphatic imine (C=N–C) groups is 2. The molecular weight excluding hydrogens is 795 g/mol. The van der Waals surface area contributed by atoms with E-state index < -0.39 is 32.9 Å². The molecule has 0 aromatic carbocycles. The molecule has 0 amide bonds. The number of hydrogen-bond donors (Lipinski definition) is 0. The molecule has 1 rings (SSSR count). The Morgan fingerprint density at radius 3 is 0.911 bits per heavy atom. The van der Waals surface area contributed by atoms with Crippen LogP contribution in [0.4, 0.5) is 0 Å². The minimum absolute atomic E-state index is 0.314. The van der Waals surface area contributed by atoms with Crippen molar-refractivity contribution in [1.29, 1.82) is 0 Å². The summed E-state index contributed by atoms with van der Waals surface area (Å²) in [6.45, 7) is 52.2. The Morgan fingerprint density at radius 2 is 0.733 bits per heavy atom. The van der Waals surface area contributed by atoms with Gasteiger partial charge in [-0.15, -0.1) is 0 Å². The van der Waals surface area contributed by atoms with Crippen molar-refractivity contribution in [2.45, 2.75) is 193 Å². The van der Waals surface area contributed by atoms with Crippen molar-refractivity contribution in [3.05, 3.63) is 0 Å². The van der Waals surface area contributed by atoms with E-state index in [9.17, 15) is 0 Å². The summed E-state index contributed by atoms with van der Waals surface area (Å²) >= 11 is 6.00. The van der Waals surface area contributed by atoms with Crippen molar-refractivity contribution in [3.8, 4) is 0 Å². The van der Waals surface area contributed by atoms with E-state index in [0.29, 0.717) is 32.2 Å². The van der Waals surface area contributed by atoms with Crippen LogP contribution >= 0.6 is 28.5 Å². The fourth-order valence-electron chi connectivity index (χ4n) is 5.90. The molecule has 0 radical (unpaired) electrons. The second-order valence-corrected chi connectivity index (χ2v) is 46.1. The molecule has 0 aliphatic heterocycles. The van der Waals surface area contributed by atoms with Gasteiger partial charge in [0.1, 0.15) is 32.9 Å². The maximum absolute atomic E-state index is 5.34. The molecule has 0 heterocycles. The molecule has 1 saturated carbocycles. The molecule has 1 aliphatic carbocycles. The van der Waals surface area contributed by atoms with E-state index >= 15 is 0 Å². The summed E-state index contributed by atoms with van der Waals surface area (Å²) in [6.07, 6.45) is 9.54. The first kappa shape index (κ1) is 46.6. The van der Waals surface area contributed by atoms with Crippen molar-refractivity contribution in [1.82, 2.24) is 8.46 Å². The SMILES string of the molecule is CC(C)(C)[Si](C)(C)N(CC=N[C@@H]1CCCC[C@H]1N=CCN([Si](C)(C)C(C)(C)C)[Si](C)(C)C(C)(C)C)[Si](C)(C)C(C)(C)C.[Br][Ni+2][Br]. The van der Waals surface area contributed by atoms with Crippen LogP contribution in [0.25, 0.3) is 0 Å². The summed E-state index contributed by atoms with van der Waals surface area (Å²) < 4.78 is 5.97. The first-order chi connectivity index (χ1) is 19.9. The van der Waals surface area contributed by atoms with Gasteiger partial charge in [0.25, 0.3) is 0 Å². The van der Waals surface area contributed by atoms with Crippen LogP contribution in [0.1, 0.15) is 109 Å². The quantitative estimate of drug-likeness (QED) is 0.162. The predicted molar refractivity (Wildman–Crippen MR) is 223 cm³/mol. The molecule has 0 aromatic heterocycles. The van der Waals surface area contributed by atoms with Gasteiger partial charge in [0.05, 0.1) is 12.1 Å². The van der Waals surface area contributed by atoms with Gasteiger partial charge < -0.3 is 8.46 Å². The number of nitrogens with zero attached hydrogens (tertiary/aromatic N) is 4. The van der Waals surface area contributed by atoms with Crippen molar-refractivity contribution >= 4 is 73.8 Å². The Bertz CT molecular complexity index is 831. The van der Waals surface area contributed by atoms with Crippen molar-refractivity contribution in [3.63, 3.8) is 0 Å². The van der Waals surface area contributed by atoms with Crippen LogP contribution in [0, 0.1) is 0 Å². The van der Waals surface area contributed by atoms with Gasteiger partial charge in [-0.1, -0.05) is 148 Å². The van der Waals surface area contributed by atoms with Crippen LogP contribution in [0.15, 0.2) is 9.98 Å². The van der Waals surface area contributed by atoms with Gasteiger partial charge in [0.2, 0.25) is 0 Å². The topological polar surface area (TPSA) is 31.2 Å². The van der Waals surface area contributed by atoms with Crippen LogP contribution in [-0.2, 0) is 10.9 Å². The van der Waals surface area contributed by atoms with E-state index in [2.05, 4.69) is 185 Å². The predicted octanol–water partition coefficient (Wildman–Crippen LogP) is 12.8. The summed E-state index contributed by atoms with van der Waals surface area (Å²) in [5.41, 5.74) is 0. The average molecular weight is 872 g/mol. The van der Waals surface area contributed by atoms with Crippen molar-refractivity contribution in [2.24, 2.45) is 9.98 Å². The third-order valence-electron chi connectivity index (χ3n) is 12.9. The van der Waals surface area contributed by atoms with Crippen LogP contribution in [-0.4, -0.2) is 79.0 Å². The molecule has 0 bridgehead atoms. The first-order valence-corrected chi connectivity index (χ1v) is 33.9. The van der Waals surface area contributed by atoms with E-state index in [1.807, 2.05) is 0 Å². The fourth-order valence-corrected chi connectivity index (χ4v) is 26.5. The zero-order valence-corrected chi connectivity index (χ0v) is 41.6. The van der Waals surface area contributed by atoms with Gasteiger partial charge in [-0.3, -0.25) is 9.98 Å². The molecule has 11 heteroatoms. The van der Waals surface area contributed by atoms with Crippen molar-refractivity contribution < 1.29 is 10.9 Å². The molecule has 0 aromatic rings. The third-order valence-corrected chi connectivity index (χ3v) is 40.4. The van der Waals surface area contributed by atoms with Gasteiger partial charge >= 0.3 is 39.3 Å². The van der Waals surface area contributed by atoms with Crippen LogP contribution in [0.5, 0.6) is 0 Å². The van der Waals surface area contributed by atoms with Gasteiger partial charge in [-0.25, -0.2) is 0 Å². The molecule has 0 unspecified atom stereocenters. The van der Waals surface area contributed by atoms with E-state index in [4.69, 9.17) is 9.98 Å². The van der Waals surface area contributed by atoms with Gasteiger partial charge in [-0.2, -0.15) is 0 Å². The van der Waals surface area contributed by atoms with Gasteiger partial charge in [0, 0.05) is 25.5 Å². The molecule has 0 spiro atoms. The summed E-state index contributed by atoms with van der Waals surface area (Å²) in [4.78, 5) is 10.7. The van der Waals surface area contributed by atoms with Crippen LogP contribution < -0.4 is 0 Å². The Hall–Kier alpha value is 1.58. The Labute approximate surface area is 307 Å². The van der Waals surface area contributed by atoms with Crippen LogP contribution in [0.3, 0.4) is 0 Å². The first-order valence-electron chi connectivity index (χ1n) is 17.3. The summed E-state index contributed by atoms with van der Waals surface area (Å²) in [6, 6.07) is 0.648. The van der Waals surface area contributed by atoms with Gasteiger partial charge in [-0.05, 0) is 33.0 Å². The molecule has 4 nitrogen and oxygen atoms in total. The minimum atomic E-state index is -1.71. The average Bonchev–Trinajstić information content (AvgIpc) is 2.82. The normalized spacial score (nSPS) is 20.4. The molecular formula is C34H76Br2N4NiSi4+2. The Kier molecular flexibility index (Phi) is 17.8. The summed E-state index contributed by atoms with van der Waals surface area (Å²) in [5, 5.41) is 1.25. The Morgan fingerprint density at radius 1 is 0.533 bits per heavy atom. The Balaban J connectivity index is 0.00000618. The van der Waals surface area contributed by atoms with E-state index in [1.165, 1.54) is 36.6 Å². The molecule has 1 fully saturated rings. The second kappa shape index (κ2) is 17.2. The third kappa shape index (κ3) is 12.1. The zero-order chi connectivity index (χ0) is 36.1. The molecule has 270 valence electrons. The molecule has 2 atom stereocenters. The van der Waals surface area contributed by atoms with Crippen LogP contribution in [0.2, 0.25) is 72.5 Å². The molecule has 1 aliphatic rings. The zero-order valence-electron chi connectivity index (χ0n) is 33.4.